The van der Waals surface area contributed by atoms with E-state index >= 15 is 0 Å². The van der Waals surface area contributed by atoms with Gasteiger partial charge in [0.1, 0.15) is 22.5 Å². The van der Waals surface area contributed by atoms with Crippen molar-refractivity contribution >= 4 is 99.3 Å². The molecule has 3 unspecified atom stereocenters. The molecule has 512 valence electrons. The van der Waals surface area contributed by atoms with Crippen molar-refractivity contribution in [3.8, 4) is 0 Å². The Labute approximate surface area is 556 Å². The normalized spacial score (nSPS) is 12.4. The van der Waals surface area contributed by atoms with Crippen molar-refractivity contribution in [3.05, 3.63) is 57.7 Å². The molecule has 0 aliphatic rings. The molecule has 4 atom stereocenters. The number of aromatic nitrogens is 3. The number of carbonyl (C=O) groups excluding carboxylic acids is 14. The number of unbranched alkanes of at least 4 members (excludes halogenated alkanes) is 6. The second-order valence-corrected chi connectivity index (χ2v) is 27.9. The number of ketones is 2. The summed E-state index contributed by atoms with van der Waals surface area (Å²) >= 11 is 2.26. The molecule has 0 saturated carbocycles. The van der Waals surface area contributed by atoms with Gasteiger partial charge in [0.2, 0.25) is 23.6 Å². The predicted octanol–water partition coefficient (Wildman–Crippen LogP) is 9.47. The van der Waals surface area contributed by atoms with Crippen LogP contribution in [0.15, 0.2) is 48.5 Å². The lowest BCUT2D eigenvalue weighted by molar-refractivity contribution is -0.193. The molecule has 5 N–H and O–H groups in total. The zero-order valence-electron chi connectivity index (χ0n) is 56.2. The molecular formula is C67H101IN8O16. The summed E-state index contributed by atoms with van der Waals surface area (Å²) in [5, 5.41) is 23.4. The lowest BCUT2D eigenvalue weighted by Crippen LogP contribution is -2.48. The Morgan fingerprint density at radius 3 is 1.65 bits per heavy atom. The summed E-state index contributed by atoms with van der Waals surface area (Å²) in [6.45, 7) is 24.8. The first-order chi connectivity index (χ1) is 43.1. The van der Waals surface area contributed by atoms with Gasteiger partial charge in [0, 0.05) is 73.8 Å². The van der Waals surface area contributed by atoms with E-state index in [-0.39, 0.29) is 90.4 Å². The SMILES string of the molecule is CC(C)(C)OC(=O)NCCCCC(CC(=O)CCCCCCCNC(=O)CCC(NC(=O)CC(CCn1nnc2ccccc21)C(C)(C)C)C(C)(C)C)C(=O)N[C@@H](CCCCNC(=O)CCCc1ccc(I)cc1)C(=O)C(=O)OC(C)(C)C.O=C=O.O=C=O.O=C=O. The molecule has 2 aromatic carbocycles. The monoisotopic (exact) mass is 1400 g/mol. The molecule has 0 fully saturated rings. The summed E-state index contributed by atoms with van der Waals surface area (Å²) in [4.78, 5) is 155. The van der Waals surface area contributed by atoms with Crippen LogP contribution in [-0.2, 0) is 84.8 Å². The number of nitrogens with zero attached hydrogens (tertiary/aromatic N) is 3. The summed E-state index contributed by atoms with van der Waals surface area (Å²) in [5.41, 5.74) is 0.999. The number of benzene rings is 2. The third-order valence-electron chi connectivity index (χ3n) is 14.5. The minimum absolute atomic E-state index is 0.0246. The van der Waals surface area contributed by atoms with Gasteiger partial charge < -0.3 is 36.1 Å². The summed E-state index contributed by atoms with van der Waals surface area (Å²) in [5.74, 6) is -3.42. The van der Waals surface area contributed by atoms with Crippen LogP contribution in [0.25, 0.3) is 11.0 Å². The van der Waals surface area contributed by atoms with E-state index in [4.69, 9.17) is 38.2 Å². The largest absolute Gasteiger partial charge is 0.454 e. The number of hydrogen-bond donors (Lipinski definition) is 5. The topological polar surface area (TPSA) is 348 Å². The quantitative estimate of drug-likeness (QED) is 0.0155. The van der Waals surface area contributed by atoms with E-state index in [1.807, 2.05) is 41.1 Å². The van der Waals surface area contributed by atoms with E-state index in [2.05, 4.69) is 113 Å². The molecule has 92 heavy (non-hydrogen) atoms. The fourth-order valence-corrected chi connectivity index (χ4v) is 9.98. The molecule has 0 saturated heterocycles. The van der Waals surface area contributed by atoms with E-state index in [9.17, 15) is 38.4 Å². The number of carbonyl (C=O) groups is 8. The molecule has 3 aromatic rings. The van der Waals surface area contributed by atoms with Crippen LogP contribution in [0.3, 0.4) is 0 Å². The maximum atomic E-state index is 14.1. The van der Waals surface area contributed by atoms with Gasteiger partial charge in [-0.25, -0.2) is 14.3 Å². The highest BCUT2D eigenvalue weighted by atomic mass is 127. The number of rotatable bonds is 37. The van der Waals surface area contributed by atoms with Crippen molar-refractivity contribution in [2.75, 3.05) is 19.6 Å². The Morgan fingerprint density at radius 1 is 0.543 bits per heavy atom. The molecule has 5 amide bonds. The molecular weight excluding hydrogens is 1300 g/mol. The third kappa shape index (κ3) is 41.2. The van der Waals surface area contributed by atoms with Gasteiger partial charge in [0.05, 0.1) is 11.6 Å². The molecule has 0 bridgehead atoms. The Kier molecular flexibility index (Phi) is 42.2. The van der Waals surface area contributed by atoms with Crippen LogP contribution < -0.4 is 26.6 Å². The Bertz CT molecular complexity index is 2800. The molecule has 0 spiro atoms. The number of Topliss-reactive ketones (excluding diaryl/α,β-unsaturated/α-hetero) is 2. The zero-order chi connectivity index (χ0) is 69.9. The third-order valence-corrected chi connectivity index (χ3v) is 15.2. The smallest absolute Gasteiger partial charge is 0.407 e. The van der Waals surface area contributed by atoms with Crippen molar-refractivity contribution < 1.29 is 76.6 Å². The number of para-hydroxylation sites is 1. The van der Waals surface area contributed by atoms with Crippen LogP contribution in [0, 0.1) is 26.2 Å². The Hall–Kier alpha value is -7.33. The predicted molar refractivity (Wildman–Crippen MR) is 349 cm³/mol. The van der Waals surface area contributed by atoms with Crippen LogP contribution in [0.1, 0.15) is 211 Å². The number of ether oxygens (including phenoxy) is 2. The van der Waals surface area contributed by atoms with Crippen LogP contribution in [-0.4, -0.2) is 124 Å². The fraction of sp³-hybridized carbons (Fsp3) is 0.657. The summed E-state index contributed by atoms with van der Waals surface area (Å²) in [6, 6.07) is 14.7. The fourth-order valence-electron chi connectivity index (χ4n) is 9.62. The highest BCUT2D eigenvalue weighted by Crippen LogP contribution is 2.33. The van der Waals surface area contributed by atoms with E-state index in [1.165, 1.54) is 5.56 Å². The van der Waals surface area contributed by atoms with E-state index < -0.39 is 46.9 Å². The van der Waals surface area contributed by atoms with E-state index in [0.29, 0.717) is 90.4 Å². The van der Waals surface area contributed by atoms with E-state index in [1.54, 1.807) is 41.5 Å². The van der Waals surface area contributed by atoms with Crippen LogP contribution in [0.4, 0.5) is 4.79 Å². The summed E-state index contributed by atoms with van der Waals surface area (Å²) in [6.07, 6.45) is 10.4. The summed E-state index contributed by atoms with van der Waals surface area (Å²) in [7, 11) is 0. The van der Waals surface area contributed by atoms with Gasteiger partial charge in [-0.3, -0.25) is 28.8 Å². The van der Waals surface area contributed by atoms with Crippen LogP contribution in [0.2, 0.25) is 0 Å². The second kappa shape index (κ2) is 45.9. The van der Waals surface area contributed by atoms with Crippen molar-refractivity contribution in [1.82, 2.24) is 41.6 Å². The van der Waals surface area contributed by atoms with Gasteiger partial charge in [-0.1, -0.05) is 96.7 Å². The van der Waals surface area contributed by atoms with Gasteiger partial charge in [0.15, 0.2) is 0 Å². The average molecular weight is 1400 g/mol. The first-order valence-corrected chi connectivity index (χ1v) is 32.6. The molecule has 0 aliphatic heterocycles. The van der Waals surface area contributed by atoms with Gasteiger partial charge in [-0.2, -0.15) is 28.8 Å². The molecule has 3 rings (SSSR count). The highest BCUT2D eigenvalue weighted by molar-refractivity contribution is 14.1. The molecule has 1 aromatic heterocycles. The molecule has 25 heteroatoms. The molecule has 1 heterocycles. The number of halogens is 1. The van der Waals surface area contributed by atoms with Crippen molar-refractivity contribution in [2.24, 2.45) is 22.7 Å². The van der Waals surface area contributed by atoms with Gasteiger partial charge >= 0.3 is 30.5 Å². The molecule has 24 nitrogen and oxygen atoms in total. The number of esters is 1. The maximum Gasteiger partial charge on any atom is 0.407 e. The minimum atomic E-state index is -1.20. The number of aryl methyl sites for hydroxylation is 2. The van der Waals surface area contributed by atoms with Gasteiger partial charge in [-0.05, 0) is 181 Å². The zero-order valence-corrected chi connectivity index (χ0v) is 58.3. The number of nitrogens with one attached hydrogen (secondary N) is 5. The summed E-state index contributed by atoms with van der Waals surface area (Å²) < 4.78 is 13.8. The minimum Gasteiger partial charge on any atom is -0.454 e. The Morgan fingerprint density at radius 2 is 1.08 bits per heavy atom. The average Bonchev–Trinajstić information content (AvgIpc) is 1.67. The van der Waals surface area contributed by atoms with Crippen LogP contribution >= 0.6 is 22.6 Å². The second-order valence-electron chi connectivity index (χ2n) is 26.6. The molecule has 0 radical (unpaired) electrons. The number of amides is 5. The number of alkyl carbamates (subject to hydrolysis) is 1. The highest BCUT2D eigenvalue weighted by Gasteiger charge is 2.34. The van der Waals surface area contributed by atoms with Gasteiger partial charge in [0.25, 0.3) is 5.78 Å². The number of hydrogen-bond acceptors (Lipinski definition) is 18. The van der Waals surface area contributed by atoms with Crippen molar-refractivity contribution in [2.45, 2.75) is 241 Å². The maximum absolute atomic E-state index is 14.1. The number of fused-ring (bicyclic) bond motifs is 1. The first-order valence-electron chi connectivity index (χ1n) is 31.5. The van der Waals surface area contributed by atoms with Crippen LogP contribution in [0.5, 0.6) is 0 Å². The standard InChI is InChI=1S/C64H101IN8O10.3CO2/c1-61(2,3)47(38-42-73-52-30-18-17-28-50(52)71-72-73)44-56(77)70-53(62(4,5)6)36-37-55(76)67-39-21-15-13-14-16-27-49(74)43-46(26-19-22-41-68-60(81)83-64(10,11)12)58(79)69-51(57(78)59(80)82-63(7,8)9)29-20-23-40-66-54(75)31-24-25-45-32-34-48(65)35-33-45;3*2-1-3/h17-18,28,30,32-35,46-47,51,53H,13-16,19-27,29,31,36-44H2,1-12H3,(H,66,75)(H,67,76)(H,68,81)(H,69,79)(H,70,77);;;/t46?,47?,51-,53?;;;/m0.../s1. The lowest BCUT2D eigenvalue weighted by Gasteiger charge is -2.34. The Balaban J connectivity index is 0.00000866. The molecule has 0 aliphatic carbocycles. The van der Waals surface area contributed by atoms with Crippen molar-refractivity contribution in [1.29, 1.82) is 0 Å². The van der Waals surface area contributed by atoms with Gasteiger partial charge in [-0.15, -0.1) is 5.10 Å². The lowest BCUT2D eigenvalue weighted by atomic mass is 9.76. The first kappa shape index (κ1) is 84.7. The van der Waals surface area contributed by atoms with E-state index in [0.717, 1.165) is 53.1 Å². The van der Waals surface area contributed by atoms with Crippen molar-refractivity contribution in [3.63, 3.8) is 0 Å².